The molecule has 0 amide bonds. The molecule has 0 N–H and O–H groups in total. The fourth-order valence-corrected chi connectivity index (χ4v) is 7.31. The number of benzene rings is 8. The first kappa shape index (κ1) is 37.1. The third-order valence-electron chi connectivity index (χ3n) is 9.55. The van der Waals surface area contributed by atoms with Crippen molar-refractivity contribution in [2.45, 2.75) is 20.6 Å². The van der Waals surface area contributed by atoms with Crippen LogP contribution in [0.3, 0.4) is 0 Å². The van der Waals surface area contributed by atoms with Crippen molar-refractivity contribution >= 4 is 66.9 Å². The SMILES string of the molecule is C.C=Cc1ccc(COCc2ccc(N(c3cc(Br)cc(N(c4ccccc4)c4cccc(-c5ccccc5)c4)c3)c3ccc4ccccc4c3)cc2)cc1. The van der Waals surface area contributed by atoms with E-state index in [1.54, 1.807) is 0 Å². The highest BCUT2D eigenvalue weighted by atomic mass is 79.9. The van der Waals surface area contributed by atoms with Gasteiger partial charge in [0.1, 0.15) is 0 Å². The molecule has 0 heterocycles. The molecule has 0 saturated heterocycles. The van der Waals surface area contributed by atoms with Gasteiger partial charge in [-0.25, -0.2) is 0 Å². The molecule has 0 radical (unpaired) electrons. The second-order valence-corrected chi connectivity index (χ2v) is 14.1. The van der Waals surface area contributed by atoms with Gasteiger partial charge in [0.15, 0.2) is 0 Å². The van der Waals surface area contributed by atoms with Crippen LogP contribution < -0.4 is 9.80 Å². The smallest absolute Gasteiger partial charge is 0.0721 e. The first-order valence-corrected chi connectivity index (χ1v) is 18.9. The Morgan fingerprint density at radius 1 is 0.436 bits per heavy atom. The zero-order valence-electron chi connectivity index (χ0n) is 29.9. The predicted octanol–water partition coefficient (Wildman–Crippen LogP) is 15.2. The largest absolute Gasteiger partial charge is 0.372 e. The molecule has 0 atom stereocenters. The van der Waals surface area contributed by atoms with Crippen LogP contribution in [-0.4, -0.2) is 0 Å². The van der Waals surface area contributed by atoms with Crippen LogP contribution in [-0.2, 0) is 18.0 Å². The fourth-order valence-electron chi connectivity index (χ4n) is 6.84. The molecule has 0 aliphatic rings. The minimum Gasteiger partial charge on any atom is -0.372 e. The third kappa shape index (κ3) is 8.63. The highest BCUT2D eigenvalue weighted by molar-refractivity contribution is 9.10. The summed E-state index contributed by atoms with van der Waals surface area (Å²) < 4.78 is 7.10. The zero-order chi connectivity index (χ0) is 36.7. The van der Waals surface area contributed by atoms with E-state index in [9.17, 15) is 0 Å². The number of fused-ring (bicyclic) bond motifs is 1. The van der Waals surface area contributed by atoms with Crippen LogP contribution in [0.15, 0.2) is 205 Å². The molecule has 8 aromatic rings. The lowest BCUT2D eigenvalue weighted by atomic mass is 10.0. The molecular formula is C51H43BrN2O. The van der Waals surface area contributed by atoms with Crippen molar-refractivity contribution in [2.24, 2.45) is 0 Å². The van der Waals surface area contributed by atoms with Gasteiger partial charge in [0.2, 0.25) is 0 Å². The molecule has 0 aliphatic heterocycles. The minimum absolute atomic E-state index is 0. The summed E-state index contributed by atoms with van der Waals surface area (Å²) in [5, 5.41) is 2.39. The molecule has 0 bridgehead atoms. The van der Waals surface area contributed by atoms with Crippen molar-refractivity contribution in [1.82, 2.24) is 0 Å². The number of ether oxygens (including phenoxy) is 1. The molecule has 0 spiro atoms. The summed E-state index contributed by atoms with van der Waals surface area (Å²) in [6.45, 7) is 4.92. The maximum atomic E-state index is 6.12. The highest BCUT2D eigenvalue weighted by Gasteiger charge is 2.19. The van der Waals surface area contributed by atoms with Gasteiger partial charge in [0.25, 0.3) is 0 Å². The van der Waals surface area contributed by atoms with E-state index in [2.05, 4.69) is 226 Å². The molecule has 3 nitrogen and oxygen atoms in total. The van der Waals surface area contributed by atoms with Crippen molar-refractivity contribution in [3.8, 4) is 11.1 Å². The maximum absolute atomic E-state index is 6.12. The van der Waals surface area contributed by atoms with E-state index in [0.717, 1.165) is 60.9 Å². The molecule has 0 saturated carbocycles. The monoisotopic (exact) mass is 778 g/mol. The lowest BCUT2D eigenvalue weighted by Crippen LogP contribution is -2.13. The number of para-hydroxylation sites is 1. The van der Waals surface area contributed by atoms with E-state index in [1.165, 1.54) is 16.3 Å². The lowest BCUT2D eigenvalue weighted by Gasteiger charge is -2.30. The van der Waals surface area contributed by atoms with Crippen LogP contribution in [0.4, 0.5) is 34.1 Å². The number of rotatable bonds is 12. The molecule has 0 unspecified atom stereocenters. The van der Waals surface area contributed by atoms with Gasteiger partial charge >= 0.3 is 0 Å². The molecule has 4 heteroatoms. The van der Waals surface area contributed by atoms with Gasteiger partial charge in [0.05, 0.1) is 13.2 Å². The lowest BCUT2D eigenvalue weighted by molar-refractivity contribution is 0.107. The third-order valence-corrected chi connectivity index (χ3v) is 10.0. The maximum Gasteiger partial charge on any atom is 0.0721 e. The van der Waals surface area contributed by atoms with E-state index >= 15 is 0 Å². The van der Waals surface area contributed by atoms with Crippen LogP contribution in [0.5, 0.6) is 0 Å². The van der Waals surface area contributed by atoms with Crippen LogP contribution >= 0.6 is 15.9 Å². The summed E-state index contributed by atoms with van der Waals surface area (Å²) in [5.41, 5.74) is 12.0. The summed E-state index contributed by atoms with van der Waals surface area (Å²) in [5.74, 6) is 0. The fraction of sp³-hybridized carbons (Fsp3) is 0.0588. The Balaban J connectivity index is 0.00000465. The van der Waals surface area contributed by atoms with Gasteiger partial charge in [-0.05, 0) is 105 Å². The second-order valence-electron chi connectivity index (χ2n) is 13.2. The van der Waals surface area contributed by atoms with Gasteiger partial charge in [-0.1, -0.05) is 163 Å². The standard InChI is InChI=1S/C50H39BrN2O.CH4/c1-2-37-20-22-38(23-21-37)35-54-36-39-24-27-46(28-25-39)53(48-29-26-41-14-9-10-15-42(41)31-48)50-33-44(51)32-49(34-50)52(45-17-7-4-8-18-45)47-19-11-16-43(30-47)40-12-5-3-6-13-40;/h2-34H,1,35-36H2;1H4. The summed E-state index contributed by atoms with van der Waals surface area (Å²) in [6.07, 6.45) is 1.85. The Morgan fingerprint density at radius 3 is 1.60 bits per heavy atom. The van der Waals surface area contributed by atoms with Crippen LogP contribution in [0, 0.1) is 0 Å². The Labute approximate surface area is 333 Å². The van der Waals surface area contributed by atoms with E-state index in [4.69, 9.17) is 4.74 Å². The van der Waals surface area contributed by atoms with E-state index in [-0.39, 0.29) is 7.43 Å². The van der Waals surface area contributed by atoms with Gasteiger partial charge in [-0.2, -0.15) is 0 Å². The van der Waals surface area contributed by atoms with Gasteiger partial charge < -0.3 is 14.5 Å². The summed E-state index contributed by atoms with van der Waals surface area (Å²) in [7, 11) is 0. The predicted molar refractivity (Wildman–Crippen MR) is 238 cm³/mol. The minimum atomic E-state index is 0. The first-order valence-electron chi connectivity index (χ1n) is 18.1. The summed E-state index contributed by atoms with van der Waals surface area (Å²) >= 11 is 3.92. The molecule has 55 heavy (non-hydrogen) atoms. The van der Waals surface area contributed by atoms with Crippen LogP contribution in [0.25, 0.3) is 28.0 Å². The molecule has 8 rings (SSSR count). The van der Waals surface area contributed by atoms with Gasteiger partial charge in [0, 0.05) is 38.6 Å². The average Bonchev–Trinajstić information content (AvgIpc) is 3.22. The van der Waals surface area contributed by atoms with E-state index in [0.29, 0.717) is 13.2 Å². The van der Waals surface area contributed by atoms with Gasteiger partial charge in [-0.3, -0.25) is 0 Å². The summed E-state index contributed by atoms with van der Waals surface area (Å²) in [6, 6.07) is 68.7. The Bertz CT molecular complexity index is 2500. The Kier molecular flexibility index (Phi) is 11.7. The molecule has 8 aromatic carbocycles. The Morgan fingerprint density at radius 2 is 0.945 bits per heavy atom. The topological polar surface area (TPSA) is 15.7 Å². The first-order chi connectivity index (χ1) is 26.6. The number of anilines is 6. The van der Waals surface area contributed by atoms with Crippen molar-refractivity contribution < 1.29 is 4.74 Å². The van der Waals surface area contributed by atoms with Crippen LogP contribution in [0.1, 0.15) is 24.1 Å². The molecular weight excluding hydrogens is 736 g/mol. The number of hydrogen-bond donors (Lipinski definition) is 0. The van der Waals surface area contributed by atoms with Crippen molar-refractivity contribution in [3.05, 3.63) is 222 Å². The van der Waals surface area contributed by atoms with Crippen LogP contribution in [0.2, 0.25) is 0 Å². The van der Waals surface area contributed by atoms with Crippen molar-refractivity contribution in [1.29, 1.82) is 0 Å². The molecule has 270 valence electrons. The second kappa shape index (κ2) is 17.3. The zero-order valence-corrected chi connectivity index (χ0v) is 31.4. The molecule has 0 aromatic heterocycles. The molecule has 0 aliphatic carbocycles. The highest BCUT2D eigenvalue weighted by Crippen LogP contribution is 2.43. The quantitative estimate of drug-likeness (QED) is 0.123. The number of halogens is 1. The molecule has 0 fully saturated rings. The number of hydrogen-bond acceptors (Lipinski definition) is 3. The van der Waals surface area contributed by atoms with Gasteiger partial charge in [-0.15, -0.1) is 0 Å². The van der Waals surface area contributed by atoms with E-state index in [1.807, 2.05) is 6.08 Å². The van der Waals surface area contributed by atoms with E-state index < -0.39 is 0 Å². The Hall–Kier alpha value is -6.20. The van der Waals surface area contributed by atoms with Crippen molar-refractivity contribution in [3.63, 3.8) is 0 Å². The average molecular weight is 780 g/mol. The summed E-state index contributed by atoms with van der Waals surface area (Å²) in [4.78, 5) is 4.65. The number of nitrogens with zero attached hydrogens (tertiary/aromatic N) is 2. The van der Waals surface area contributed by atoms with Crippen molar-refractivity contribution in [2.75, 3.05) is 9.80 Å². The normalized spacial score (nSPS) is 10.8.